The fourth-order valence-electron chi connectivity index (χ4n) is 2.94. The number of nitrogens with one attached hydrogen (secondary N) is 2. The Hall–Kier alpha value is -2.51. The molecular formula is C17H15Cl2N5O2. The second-order valence-corrected chi connectivity index (χ2v) is 6.63. The molecule has 0 spiro atoms. The van der Waals surface area contributed by atoms with E-state index in [0.29, 0.717) is 28.9 Å². The molecule has 3 aromatic rings. The van der Waals surface area contributed by atoms with Crippen LogP contribution in [0.4, 0.5) is 17.2 Å². The number of ether oxygens (including phenoxy) is 1. The van der Waals surface area contributed by atoms with Gasteiger partial charge in [-0.2, -0.15) is 4.98 Å². The summed E-state index contributed by atoms with van der Waals surface area (Å²) >= 11 is 12.0. The Morgan fingerprint density at radius 2 is 2.19 bits per heavy atom. The van der Waals surface area contributed by atoms with Gasteiger partial charge in [-0.15, -0.1) is 0 Å². The molecule has 2 aromatic heterocycles. The third kappa shape index (κ3) is 2.93. The number of aromatic nitrogens is 3. The minimum Gasteiger partial charge on any atom is -0.486 e. The summed E-state index contributed by atoms with van der Waals surface area (Å²) in [6.07, 6.45) is 2.26. The van der Waals surface area contributed by atoms with E-state index in [1.807, 2.05) is 18.2 Å². The van der Waals surface area contributed by atoms with E-state index in [2.05, 4.69) is 20.6 Å². The maximum absolute atomic E-state index is 12.6. The van der Waals surface area contributed by atoms with Gasteiger partial charge in [-0.25, -0.2) is 4.98 Å². The zero-order valence-corrected chi connectivity index (χ0v) is 15.4. The highest BCUT2D eigenvalue weighted by molar-refractivity contribution is 6.33. The number of fused-ring (bicyclic) bond motifs is 3. The van der Waals surface area contributed by atoms with Gasteiger partial charge >= 0.3 is 0 Å². The zero-order valence-electron chi connectivity index (χ0n) is 13.8. The average molecular weight is 392 g/mol. The summed E-state index contributed by atoms with van der Waals surface area (Å²) in [7, 11) is 1.73. The molecule has 7 nitrogen and oxygen atoms in total. The van der Waals surface area contributed by atoms with Gasteiger partial charge in [0.2, 0.25) is 11.0 Å². The number of hydrogen-bond donors (Lipinski definition) is 2. The van der Waals surface area contributed by atoms with Gasteiger partial charge in [0, 0.05) is 24.7 Å². The van der Waals surface area contributed by atoms with Crippen molar-refractivity contribution < 1.29 is 4.74 Å². The topological polar surface area (TPSA) is 81.1 Å². The molecule has 0 saturated heterocycles. The maximum atomic E-state index is 12.6. The van der Waals surface area contributed by atoms with E-state index in [4.69, 9.17) is 27.9 Å². The van der Waals surface area contributed by atoms with E-state index in [1.165, 1.54) is 6.20 Å². The van der Waals surface area contributed by atoms with Crippen LogP contribution in [0.3, 0.4) is 0 Å². The molecular weight excluding hydrogens is 377 g/mol. The molecule has 0 fully saturated rings. The van der Waals surface area contributed by atoms with Crippen molar-refractivity contribution in [3.63, 3.8) is 0 Å². The van der Waals surface area contributed by atoms with Crippen molar-refractivity contribution in [3.05, 3.63) is 45.1 Å². The van der Waals surface area contributed by atoms with Crippen LogP contribution < -0.4 is 20.9 Å². The van der Waals surface area contributed by atoms with Gasteiger partial charge < -0.3 is 19.9 Å². The fraction of sp³-hybridized carbons (Fsp3) is 0.235. The quantitative estimate of drug-likeness (QED) is 0.649. The Balaban J connectivity index is 1.86. The first-order valence-corrected chi connectivity index (χ1v) is 8.78. The number of rotatable bonds is 2. The Labute approximate surface area is 158 Å². The van der Waals surface area contributed by atoms with E-state index in [-0.39, 0.29) is 10.8 Å². The molecule has 9 heteroatoms. The number of anilines is 3. The molecule has 0 unspecified atom stereocenters. The van der Waals surface area contributed by atoms with Crippen LogP contribution in [-0.4, -0.2) is 27.7 Å². The first-order valence-electron chi connectivity index (χ1n) is 8.03. The van der Waals surface area contributed by atoms with Crippen LogP contribution in [0.25, 0.3) is 10.9 Å². The Kier molecular flexibility index (Phi) is 4.34. The largest absolute Gasteiger partial charge is 0.486 e. The van der Waals surface area contributed by atoms with Crippen LogP contribution in [0, 0.1) is 0 Å². The van der Waals surface area contributed by atoms with Gasteiger partial charge in [-0.05, 0) is 36.2 Å². The number of halogens is 2. The van der Waals surface area contributed by atoms with Crippen molar-refractivity contribution in [1.29, 1.82) is 0 Å². The number of benzene rings is 1. The van der Waals surface area contributed by atoms with Crippen molar-refractivity contribution in [2.24, 2.45) is 7.05 Å². The molecule has 3 heterocycles. The second kappa shape index (κ2) is 6.66. The zero-order chi connectivity index (χ0) is 18.3. The monoisotopic (exact) mass is 391 g/mol. The van der Waals surface area contributed by atoms with Crippen LogP contribution in [0.2, 0.25) is 10.3 Å². The minimum atomic E-state index is -0.159. The highest BCUT2D eigenvalue weighted by atomic mass is 35.5. The van der Waals surface area contributed by atoms with E-state index in [1.54, 1.807) is 11.6 Å². The first kappa shape index (κ1) is 16.9. The van der Waals surface area contributed by atoms with E-state index in [0.717, 1.165) is 29.6 Å². The lowest BCUT2D eigenvalue weighted by atomic mass is 10.1. The van der Waals surface area contributed by atoms with Crippen molar-refractivity contribution in [1.82, 2.24) is 14.5 Å². The highest BCUT2D eigenvalue weighted by Gasteiger charge is 2.19. The second-order valence-electron chi connectivity index (χ2n) is 5.89. The lowest BCUT2D eigenvalue weighted by Gasteiger charge is -2.15. The van der Waals surface area contributed by atoms with Crippen LogP contribution in [-0.2, 0) is 7.05 Å². The van der Waals surface area contributed by atoms with Gasteiger partial charge in [0.25, 0.3) is 5.56 Å². The van der Waals surface area contributed by atoms with Crippen LogP contribution >= 0.6 is 23.2 Å². The molecule has 0 amide bonds. The molecule has 1 aromatic carbocycles. The van der Waals surface area contributed by atoms with E-state index < -0.39 is 0 Å². The summed E-state index contributed by atoms with van der Waals surface area (Å²) < 4.78 is 7.27. The predicted molar refractivity (Wildman–Crippen MR) is 103 cm³/mol. The molecule has 1 aliphatic rings. The van der Waals surface area contributed by atoms with E-state index >= 15 is 0 Å². The van der Waals surface area contributed by atoms with Gasteiger partial charge in [0.05, 0.1) is 24.0 Å². The number of pyridine rings is 1. The third-order valence-corrected chi connectivity index (χ3v) is 4.66. The standard InChI is InChI=1S/C17H15Cl2N5O2/c1-24-12-4-3-9(22-15-11(18)8-21-17(19)23-15)7-10(12)13-14(16(24)25)26-6-2-5-20-13/h3-4,7-8,20H,2,5-6H2,1H3,(H,21,22,23). The smallest absolute Gasteiger partial charge is 0.295 e. The summed E-state index contributed by atoms with van der Waals surface area (Å²) in [5, 5.41) is 7.77. The summed E-state index contributed by atoms with van der Waals surface area (Å²) in [5.74, 6) is 0.754. The summed E-state index contributed by atoms with van der Waals surface area (Å²) in [5.41, 5.74) is 2.09. The van der Waals surface area contributed by atoms with Crippen molar-refractivity contribution >= 4 is 51.3 Å². The highest BCUT2D eigenvalue weighted by Crippen LogP contribution is 2.34. The minimum absolute atomic E-state index is 0.101. The average Bonchev–Trinajstić information content (AvgIpc) is 2.89. The van der Waals surface area contributed by atoms with Gasteiger partial charge in [0.1, 0.15) is 5.02 Å². The molecule has 0 saturated carbocycles. The van der Waals surface area contributed by atoms with Crippen LogP contribution in [0.5, 0.6) is 5.75 Å². The lowest BCUT2D eigenvalue weighted by Crippen LogP contribution is -2.20. The van der Waals surface area contributed by atoms with Crippen LogP contribution in [0.1, 0.15) is 6.42 Å². The molecule has 0 aliphatic carbocycles. The molecule has 26 heavy (non-hydrogen) atoms. The molecule has 2 N–H and O–H groups in total. The number of nitrogens with zero attached hydrogens (tertiary/aromatic N) is 3. The number of aryl methyl sites for hydroxylation is 1. The van der Waals surface area contributed by atoms with Crippen molar-refractivity contribution in [2.75, 3.05) is 23.8 Å². The van der Waals surface area contributed by atoms with Crippen molar-refractivity contribution in [3.8, 4) is 5.75 Å². The lowest BCUT2D eigenvalue weighted by molar-refractivity contribution is 0.317. The third-order valence-electron chi connectivity index (χ3n) is 4.20. The van der Waals surface area contributed by atoms with Gasteiger partial charge in [0.15, 0.2) is 5.82 Å². The molecule has 1 aliphatic heterocycles. The normalized spacial score (nSPS) is 13.5. The molecule has 4 rings (SSSR count). The van der Waals surface area contributed by atoms with Gasteiger partial charge in [-0.3, -0.25) is 4.79 Å². The molecule has 0 bridgehead atoms. The number of hydrogen-bond acceptors (Lipinski definition) is 6. The molecule has 134 valence electrons. The van der Waals surface area contributed by atoms with Crippen LogP contribution in [0.15, 0.2) is 29.2 Å². The Morgan fingerprint density at radius 3 is 3.04 bits per heavy atom. The maximum Gasteiger partial charge on any atom is 0.295 e. The Bertz CT molecular complexity index is 1070. The molecule has 0 radical (unpaired) electrons. The summed E-state index contributed by atoms with van der Waals surface area (Å²) in [6, 6.07) is 5.63. The summed E-state index contributed by atoms with van der Waals surface area (Å²) in [4.78, 5) is 20.5. The fourth-order valence-corrected chi connectivity index (χ4v) is 3.21. The molecule has 0 atom stereocenters. The Morgan fingerprint density at radius 1 is 1.35 bits per heavy atom. The predicted octanol–water partition coefficient (Wildman–Crippen LogP) is 3.57. The SMILES string of the molecule is Cn1c(=O)c2c(c3cc(Nc4nc(Cl)ncc4Cl)ccc31)NCCCO2. The van der Waals surface area contributed by atoms with Gasteiger partial charge in [-0.1, -0.05) is 11.6 Å². The summed E-state index contributed by atoms with van der Waals surface area (Å²) in [6.45, 7) is 1.24. The first-order chi connectivity index (χ1) is 12.5. The van der Waals surface area contributed by atoms with E-state index in [9.17, 15) is 4.79 Å². The van der Waals surface area contributed by atoms with Crippen molar-refractivity contribution in [2.45, 2.75) is 6.42 Å².